The molecule has 4 heteroatoms. The first-order valence-electron chi connectivity index (χ1n) is 16.4. The zero-order chi connectivity index (χ0) is 28.5. The van der Waals surface area contributed by atoms with E-state index < -0.39 is 17.6 Å². The van der Waals surface area contributed by atoms with Gasteiger partial charge in [0.25, 0.3) is 0 Å². The first-order valence-corrected chi connectivity index (χ1v) is 16.4. The van der Waals surface area contributed by atoms with Gasteiger partial charge in [0.1, 0.15) is 11.6 Å². The molecule has 0 N–H and O–H groups in total. The van der Waals surface area contributed by atoms with Crippen LogP contribution in [0.1, 0.15) is 117 Å². The van der Waals surface area contributed by atoms with E-state index in [0.29, 0.717) is 28.9 Å². The minimum Gasteiger partial charge on any atom is -0.462 e. The maximum atomic E-state index is 13.3. The molecule has 4 fully saturated rings. The zero-order valence-corrected chi connectivity index (χ0v) is 25.4. The number of ether oxygens (including phenoxy) is 1. The molecule has 0 saturated heterocycles. The van der Waals surface area contributed by atoms with Gasteiger partial charge in [-0.1, -0.05) is 53.4 Å². The molecule has 4 aliphatic carbocycles. The summed E-state index contributed by atoms with van der Waals surface area (Å²) in [6.45, 7) is 10.4. The van der Waals surface area contributed by atoms with Crippen LogP contribution in [-0.4, -0.2) is 12.6 Å². The second-order valence-corrected chi connectivity index (χ2v) is 14.8. The first kappa shape index (κ1) is 29.8. The van der Waals surface area contributed by atoms with E-state index in [1.807, 2.05) is 0 Å². The Hall–Kier alpha value is -1.71. The van der Waals surface area contributed by atoms with E-state index in [2.05, 4.69) is 27.7 Å². The van der Waals surface area contributed by atoms with E-state index in [4.69, 9.17) is 4.74 Å². The number of rotatable bonds is 9. The predicted molar refractivity (Wildman–Crippen MR) is 158 cm³/mol. The van der Waals surface area contributed by atoms with Crippen molar-refractivity contribution in [2.24, 2.45) is 52.3 Å². The third kappa shape index (κ3) is 6.07. The molecule has 4 saturated carbocycles. The van der Waals surface area contributed by atoms with Gasteiger partial charge in [0, 0.05) is 12.1 Å². The third-order valence-electron chi connectivity index (χ3n) is 12.5. The minimum atomic E-state index is -0.661. The molecule has 40 heavy (non-hydrogen) atoms. The SMILES string of the molecule is CC(CCC[C@@H](C)[C@H]1CC[C@H]2[C@@H]3CCC4CCCC[C@]4(C)[C@H]3CC[C@]12C)COC(=O)C=Cc1cc(F)cc(F)c1. The van der Waals surface area contributed by atoms with Crippen LogP contribution in [0.15, 0.2) is 24.3 Å². The van der Waals surface area contributed by atoms with Gasteiger partial charge in [-0.3, -0.25) is 0 Å². The van der Waals surface area contributed by atoms with Gasteiger partial charge in [-0.15, -0.1) is 0 Å². The molecule has 1 aromatic carbocycles. The molecule has 222 valence electrons. The Morgan fingerprint density at radius 1 is 0.925 bits per heavy atom. The fourth-order valence-corrected chi connectivity index (χ4v) is 10.5. The lowest BCUT2D eigenvalue weighted by Gasteiger charge is -2.61. The highest BCUT2D eigenvalue weighted by Crippen LogP contribution is 2.68. The second kappa shape index (κ2) is 12.3. The van der Waals surface area contributed by atoms with Crippen molar-refractivity contribution in [2.75, 3.05) is 6.61 Å². The van der Waals surface area contributed by atoms with Crippen molar-refractivity contribution in [3.8, 4) is 0 Å². The Morgan fingerprint density at radius 2 is 1.68 bits per heavy atom. The topological polar surface area (TPSA) is 26.3 Å². The zero-order valence-electron chi connectivity index (χ0n) is 25.4. The third-order valence-corrected chi connectivity index (χ3v) is 12.5. The average molecular weight is 555 g/mol. The lowest BCUT2D eigenvalue weighted by molar-refractivity contribution is -0.138. The first-order chi connectivity index (χ1) is 19.1. The molecule has 1 aromatic rings. The number of fused-ring (bicyclic) bond motifs is 5. The monoisotopic (exact) mass is 554 g/mol. The van der Waals surface area contributed by atoms with Crippen LogP contribution < -0.4 is 0 Å². The molecule has 0 heterocycles. The molecule has 0 radical (unpaired) electrons. The van der Waals surface area contributed by atoms with Gasteiger partial charge >= 0.3 is 5.97 Å². The normalized spacial score (nSPS) is 36.9. The van der Waals surface area contributed by atoms with E-state index >= 15 is 0 Å². The summed E-state index contributed by atoms with van der Waals surface area (Å²) in [5, 5.41) is 0. The van der Waals surface area contributed by atoms with Gasteiger partial charge in [0.2, 0.25) is 0 Å². The number of carbonyl (C=O) groups excluding carboxylic acids is 1. The van der Waals surface area contributed by atoms with Gasteiger partial charge in [0.05, 0.1) is 6.61 Å². The van der Waals surface area contributed by atoms with E-state index in [9.17, 15) is 13.6 Å². The Bertz CT molecular complexity index is 1050. The number of esters is 1. The highest BCUT2D eigenvalue weighted by atomic mass is 19.1. The fourth-order valence-electron chi connectivity index (χ4n) is 10.5. The standard InChI is InChI=1S/C36H52F2O2/c1-24(23-40-34(39)16-11-26-20-28(37)22-29(38)21-26)8-7-9-25(2)31-14-15-32-30-13-12-27-10-5-6-18-35(27,3)33(30)17-19-36(31,32)4/h11,16,20-22,24-25,27,30-33H,5-10,12-15,17-19,23H2,1-4H3/t24?,25-,27?,30+,31-,32+,33+,35+,36-/m1/s1. The van der Waals surface area contributed by atoms with Gasteiger partial charge in [-0.05, 0) is 134 Å². The molecule has 9 atom stereocenters. The van der Waals surface area contributed by atoms with Crippen molar-refractivity contribution in [1.82, 2.24) is 0 Å². The molecule has 4 aliphatic rings. The summed E-state index contributed by atoms with van der Waals surface area (Å²) >= 11 is 0. The Morgan fingerprint density at radius 3 is 2.45 bits per heavy atom. The van der Waals surface area contributed by atoms with Crippen molar-refractivity contribution < 1.29 is 18.3 Å². The van der Waals surface area contributed by atoms with E-state index in [1.165, 1.54) is 101 Å². The van der Waals surface area contributed by atoms with Gasteiger partial charge in [-0.2, -0.15) is 0 Å². The Balaban J connectivity index is 1.07. The number of carbonyl (C=O) groups is 1. The van der Waals surface area contributed by atoms with Crippen LogP contribution in [0.4, 0.5) is 8.78 Å². The van der Waals surface area contributed by atoms with E-state index in [1.54, 1.807) is 0 Å². The predicted octanol–water partition coefficient (Wildman–Crippen LogP) is 10.0. The largest absolute Gasteiger partial charge is 0.462 e. The summed E-state index contributed by atoms with van der Waals surface area (Å²) in [5.41, 5.74) is 1.46. The van der Waals surface area contributed by atoms with E-state index in [0.717, 1.165) is 48.0 Å². The molecule has 0 aliphatic heterocycles. The summed E-state index contributed by atoms with van der Waals surface area (Å²) in [4.78, 5) is 12.1. The molecule has 2 unspecified atom stereocenters. The minimum absolute atomic E-state index is 0.296. The summed E-state index contributed by atoms with van der Waals surface area (Å²) in [7, 11) is 0. The van der Waals surface area contributed by atoms with Gasteiger partial charge < -0.3 is 4.74 Å². The second-order valence-electron chi connectivity index (χ2n) is 14.8. The molecule has 0 bridgehead atoms. The molecule has 0 aromatic heterocycles. The van der Waals surface area contributed by atoms with Crippen molar-refractivity contribution in [2.45, 2.75) is 111 Å². The highest BCUT2D eigenvalue weighted by Gasteiger charge is 2.60. The van der Waals surface area contributed by atoms with Crippen LogP contribution >= 0.6 is 0 Å². The van der Waals surface area contributed by atoms with Crippen LogP contribution in [0.25, 0.3) is 6.08 Å². The lowest BCUT2D eigenvalue weighted by atomic mass is 9.44. The summed E-state index contributed by atoms with van der Waals surface area (Å²) in [5.74, 6) is 3.99. The van der Waals surface area contributed by atoms with Crippen LogP contribution in [0.5, 0.6) is 0 Å². The van der Waals surface area contributed by atoms with Gasteiger partial charge in [0.15, 0.2) is 0 Å². The molecular formula is C36H52F2O2. The molecular weight excluding hydrogens is 502 g/mol. The number of benzene rings is 1. The van der Waals surface area contributed by atoms with Crippen molar-refractivity contribution in [3.05, 3.63) is 41.5 Å². The summed E-state index contributed by atoms with van der Waals surface area (Å²) in [6.07, 6.45) is 20.8. The maximum Gasteiger partial charge on any atom is 0.330 e. The molecule has 2 nitrogen and oxygen atoms in total. The van der Waals surface area contributed by atoms with Crippen molar-refractivity contribution in [3.63, 3.8) is 0 Å². The van der Waals surface area contributed by atoms with Crippen LogP contribution in [0, 0.1) is 63.9 Å². The highest BCUT2D eigenvalue weighted by molar-refractivity contribution is 5.87. The summed E-state index contributed by atoms with van der Waals surface area (Å²) < 4.78 is 32.1. The fraction of sp³-hybridized carbons (Fsp3) is 0.750. The maximum absolute atomic E-state index is 13.3. The molecule has 0 spiro atoms. The summed E-state index contributed by atoms with van der Waals surface area (Å²) in [6, 6.07) is 3.20. The van der Waals surface area contributed by atoms with Gasteiger partial charge in [-0.25, -0.2) is 13.6 Å². The number of halogens is 2. The lowest BCUT2D eigenvalue weighted by Crippen LogP contribution is -2.53. The Kier molecular flexibility index (Phi) is 9.12. The quantitative estimate of drug-likeness (QED) is 0.224. The smallest absolute Gasteiger partial charge is 0.330 e. The van der Waals surface area contributed by atoms with E-state index in [-0.39, 0.29) is 0 Å². The average Bonchev–Trinajstić information content (AvgIpc) is 3.27. The number of hydrogen-bond acceptors (Lipinski definition) is 2. The molecule has 0 amide bonds. The van der Waals surface area contributed by atoms with Crippen LogP contribution in [0.3, 0.4) is 0 Å². The van der Waals surface area contributed by atoms with Crippen molar-refractivity contribution >= 4 is 12.0 Å². The number of hydrogen-bond donors (Lipinski definition) is 0. The van der Waals surface area contributed by atoms with Crippen LogP contribution in [-0.2, 0) is 9.53 Å². The molecule has 5 rings (SSSR count). The Labute approximate surface area is 241 Å². The van der Waals surface area contributed by atoms with Crippen LogP contribution in [0.2, 0.25) is 0 Å². The van der Waals surface area contributed by atoms with Crippen molar-refractivity contribution in [1.29, 1.82) is 0 Å².